The number of hydrogen-bond donors (Lipinski definition) is 1. The highest BCUT2D eigenvalue weighted by atomic mass is 35.5. The molecule has 1 saturated heterocycles. The molecule has 0 unspecified atom stereocenters. The predicted molar refractivity (Wildman–Crippen MR) is 105 cm³/mol. The number of alkyl halides is 3. The van der Waals surface area contributed by atoms with Gasteiger partial charge in [-0.05, 0) is 61.5 Å². The van der Waals surface area contributed by atoms with Crippen molar-refractivity contribution in [3.8, 4) is 0 Å². The number of nitrogen functional groups attached to an aromatic ring is 1. The lowest BCUT2D eigenvalue weighted by atomic mass is 10.0. The normalized spacial score (nSPS) is 16.6. The van der Waals surface area contributed by atoms with Gasteiger partial charge in [-0.15, -0.1) is 0 Å². The number of imide groups is 1. The summed E-state index contributed by atoms with van der Waals surface area (Å²) in [5.41, 5.74) is 0.765. The van der Waals surface area contributed by atoms with Gasteiger partial charge in [-0.2, -0.15) is 13.2 Å². The van der Waals surface area contributed by atoms with Gasteiger partial charge < -0.3 is 10.6 Å². The molecule has 0 spiro atoms. The van der Waals surface area contributed by atoms with E-state index in [4.69, 9.17) is 17.3 Å². The molecular weight excluding hydrogens is 429 g/mol. The third-order valence-corrected chi connectivity index (χ3v) is 5.64. The zero-order valence-corrected chi connectivity index (χ0v) is 16.9. The van der Waals surface area contributed by atoms with Crippen LogP contribution in [0.15, 0.2) is 41.4 Å². The van der Waals surface area contributed by atoms with Crippen LogP contribution in [0.2, 0.25) is 5.02 Å². The number of nitrogens with two attached hydrogens (primary N) is 1. The molecule has 1 aliphatic heterocycles. The number of carbonyl (C=O) groups is 2. The molecule has 2 N–H and O–H groups in total. The summed E-state index contributed by atoms with van der Waals surface area (Å²) >= 11 is 5.59. The van der Waals surface area contributed by atoms with E-state index in [0.717, 1.165) is 11.0 Å². The molecule has 1 aromatic carbocycles. The van der Waals surface area contributed by atoms with E-state index < -0.39 is 23.0 Å². The molecule has 154 valence electrons. The second-order valence-electron chi connectivity index (χ2n) is 6.82. The zero-order valence-electron chi connectivity index (χ0n) is 15.3. The van der Waals surface area contributed by atoms with Gasteiger partial charge in [0.25, 0.3) is 5.91 Å². The predicted octanol–water partition coefficient (Wildman–Crippen LogP) is 4.68. The van der Waals surface area contributed by atoms with Crippen LogP contribution in [-0.2, 0) is 11.3 Å². The molecule has 0 bridgehead atoms. The molecule has 2 aromatic rings. The molecule has 1 aliphatic rings. The minimum absolute atomic E-state index is 0.0985. The van der Waals surface area contributed by atoms with E-state index in [1.165, 1.54) is 23.2 Å². The highest BCUT2D eigenvalue weighted by Crippen LogP contribution is 2.42. The maximum Gasteiger partial charge on any atom is 0.446 e. The highest BCUT2D eigenvalue weighted by Gasteiger charge is 2.51. The molecule has 1 aromatic heterocycles. The number of nitrogens with zero attached hydrogens (tertiary/aromatic N) is 3. The standard InChI is InChI=1S/C18H16ClF3N4O2S/c1-17(2)15(27)26(11-3-4-13(12(19)8-11)29-18(20,21)22)16(28)25(17)9-10-5-6-24-14(23)7-10/h3-8H,9H2,1-2H3,(H2,23,24). The lowest BCUT2D eigenvalue weighted by molar-refractivity contribution is -0.123. The van der Waals surface area contributed by atoms with E-state index in [0.29, 0.717) is 5.56 Å². The SMILES string of the molecule is CC1(C)C(=O)N(c2ccc(SC(F)(F)F)c(Cl)c2)C(=O)N1Cc1ccnc(N)c1. The Hall–Kier alpha value is -2.46. The lowest BCUT2D eigenvalue weighted by Crippen LogP contribution is -2.43. The molecule has 6 nitrogen and oxygen atoms in total. The highest BCUT2D eigenvalue weighted by molar-refractivity contribution is 8.00. The molecular formula is C18H16ClF3N4O2S. The van der Waals surface area contributed by atoms with Gasteiger partial charge in [0.15, 0.2) is 0 Å². The second-order valence-corrected chi connectivity index (χ2v) is 8.33. The summed E-state index contributed by atoms with van der Waals surface area (Å²) in [6.45, 7) is 3.29. The number of hydrogen-bond acceptors (Lipinski definition) is 5. The van der Waals surface area contributed by atoms with Crippen molar-refractivity contribution in [2.75, 3.05) is 10.6 Å². The average molecular weight is 445 g/mol. The number of urea groups is 1. The number of amides is 3. The number of rotatable bonds is 4. The fourth-order valence-corrected chi connectivity index (χ4v) is 3.77. The van der Waals surface area contributed by atoms with Gasteiger partial charge in [0.1, 0.15) is 11.4 Å². The molecule has 1 fully saturated rings. The van der Waals surface area contributed by atoms with Crippen LogP contribution in [-0.4, -0.2) is 32.9 Å². The summed E-state index contributed by atoms with van der Waals surface area (Å²) in [5, 5.41) is -0.205. The van der Waals surface area contributed by atoms with Crippen LogP contribution in [0.3, 0.4) is 0 Å². The lowest BCUT2D eigenvalue weighted by Gasteiger charge is -2.27. The first-order valence-electron chi connectivity index (χ1n) is 8.32. The molecule has 3 rings (SSSR count). The van der Waals surface area contributed by atoms with Gasteiger partial charge in [-0.3, -0.25) is 4.79 Å². The Morgan fingerprint density at radius 2 is 1.90 bits per heavy atom. The number of carbonyl (C=O) groups excluding carboxylic acids is 2. The van der Waals surface area contributed by atoms with E-state index in [9.17, 15) is 22.8 Å². The van der Waals surface area contributed by atoms with Gasteiger partial charge >= 0.3 is 11.5 Å². The Bertz CT molecular complexity index is 984. The van der Waals surface area contributed by atoms with Crippen LogP contribution < -0.4 is 10.6 Å². The monoisotopic (exact) mass is 444 g/mol. The van der Waals surface area contributed by atoms with E-state index in [2.05, 4.69) is 4.98 Å². The summed E-state index contributed by atoms with van der Waals surface area (Å²) in [7, 11) is 0. The van der Waals surface area contributed by atoms with Crippen molar-refractivity contribution < 1.29 is 22.8 Å². The number of benzene rings is 1. The Kier molecular flexibility index (Phi) is 5.44. The van der Waals surface area contributed by atoms with Crippen LogP contribution in [0, 0.1) is 0 Å². The fourth-order valence-electron chi connectivity index (χ4n) is 2.94. The van der Waals surface area contributed by atoms with Crippen LogP contribution >= 0.6 is 23.4 Å². The molecule has 29 heavy (non-hydrogen) atoms. The third kappa shape index (κ3) is 4.27. The van der Waals surface area contributed by atoms with Gasteiger partial charge in [-0.25, -0.2) is 14.7 Å². The first kappa shape index (κ1) is 21.3. The van der Waals surface area contributed by atoms with Crippen molar-refractivity contribution in [1.29, 1.82) is 0 Å². The Morgan fingerprint density at radius 1 is 1.21 bits per heavy atom. The minimum Gasteiger partial charge on any atom is -0.384 e. The molecule has 2 heterocycles. The summed E-state index contributed by atoms with van der Waals surface area (Å²) in [4.78, 5) is 31.9. The first-order chi connectivity index (χ1) is 13.4. The molecule has 0 saturated carbocycles. The third-order valence-electron chi connectivity index (χ3n) is 4.41. The largest absolute Gasteiger partial charge is 0.446 e. The summed E-state index contributed by atoms with van der Waals surface area (Å²) in [5.74, 6) is -0.239. The smallest absolute Gasteiger partial charge is 0.384 e. The van der Waals surface area contributed by atoms with Crippen molar-refractivity contribution in [3.05, 3.63) is 47.1 Å². The maximum atomic E-state index is 13.0. The van der Waals surface area contributed by atoms with Gasteiger partial charge in [0.2, 0.25) is 0 Å². The molecule has 0 radical (unpaired) electrons. The minimum atomic E-state index is -4.50. The van der Waals surface area contributed by atoms with E-state index >= 15 is 0 Å². The van der Waals surface area contributed by atoms with Crippen molar-refractivity contribution in [1.82, 2.24) is 9.88 Å². The summed E-state index contributed by atoms with van der Waals surface area (Å²) in [6.07, 6.45) is 1.49. The van der Waals surface area contributed by atoms with E-state index in [1.807, 2.05) is 0 Å². The molecule has 0 atom stereocenters. The molecule has 3 amide bonds. The number of aromatic nitrogens is 1. The number of thioether (sulfide) groups is 1. The summed E-state index contributed by atoms with van der Waals surface area (Å²) in [6, 6.07) is 6.23. The van der Waals surface area contributed by atoms with Gasteiger partial charge in [0.05, 0.1) is 10.7 Å². The number of anilines is 2. The van der Waals surface area contributed by atoms with Crippen LogP contribution in [0.1, 0.15) is 19.4 Å². The van der Waals surface area contributed by atoms with Gasteiger partial charge in [0, 0.05) is 17.6 Å². The quantitative estimate of drug-likeness (QED) is 0.547. The maximum absolute atomic E-state index is 13.0. The van der Waals surface area contributed by atoms with E-state index in [1.54, 1.807) is 26.0 Å². The Balaban J connectivity index is 1.91. The van der Waals surface area contributed by atoms with E-state index in [-0.39, 0.29) is 39.7 Å². The second kappa shape index (κ2) is 7.42. The van der Waals surface area contributed by atoms with Crippen molar-refractivity contribution in [2.24, 2.45) is 0 Å². The zero-order chi connectivity index (χ0) is 21.6. The Labute approximate surface area is 173 Å². The Morgan fingerprint density at radius 3 is 2.48 bits per heavy atom. The topological polar surface area (TPSA) is 79.5 Å². The molecule has 11 heteroatoms. The van der Waals surface area contributed by atoms with Crippen LogP contribution in [0.25, 0.3) is 0 Å². The summed E-state index contributed by atoms with van der Waals surface area (Å²) < 4.78 is 37.8. The average Bonchev–Trinajstić information content (AvgIpc) is 2.76. The van der Waals surface area contributed by atoms with Crippen molar-refractivity contribution in [3.63, 3.8) is 0 Å². The fraction of sp³-hybridized carbons (Fsp3) is 0.278. The van der Waals surface area contributed by atoms with Crippen LogP contribution in [0.4, 0.5) is 29.5 Å². The first-order valence-corrected chi connectivity index (χ1v) is 9.51. The molecule has 0 aliphatic carbocycles. The van der Waals surface area contributed by atoms with Gasteiger partial charge in [-0.1, -0.05) is 11.6 Å². The van der Waals surface area contributed by atoms with Crippen molar-refractivity contribution in [2.45, 2.75) is 36.3 Å². The number of halogens is 4. The van der Waals surface area contributed by atoms with Crippen molar-refractivity contribution >= 4 is 46.8 Å². The van der Waals surface area contributed by atoms with Crippen LogP contribution in [0.5, 0.6) is 0 Å². The number of pyridine rings is 1.